The third kappa shape index (κ3) is 4.33. The van der Waals surface area contributed by atoms with Crippen LogP contribution in [0.25, 0.3) is 0 Å². The van der Waals surface area contributed by atoms with Gasteiger partial charge >= 0.3 is 0 Å². The van der Waals surface area contributed by atoms with E-state index in [1.54, 1.807) is 25.1 Å². The third-order valence-corrected chi connectivity index (χ3v) is 4.59. The van der Waals surface area contributed by atoms with Crippen molar-refractivity contribution in [3.05, 3.63) is 63.6 Å². The van der Waals surface area contributed by atoms with Crippen molar-refractivity contribution in [3.8, 4) is 5.75 Å². The summed E-state index contributed by atoms with van der Waals surface area (Å²) in [5, 5.41) is 5.18. The summed E-state index contributed by atoms with van der Waals surface area (Å²) in [6, 6.07) is 13.0. The lowest BCUT2D eigenvalue weighted by Gasteiger charge is -2.18. The number of amides is 1. The fourth-order valence-corrected chi connectivity index (χ4v) is 3.20. The van der Waals surface area contributed by atoms with Gasteiger partial charge in [0.25, 0.3) is 5.91 Å². The average Bonchev–Trinajstić information content (AvgIpc) is 2.61. The smallest absolute Gasteiger partial charge is 0.280 e. The van der Waals surface area contributed by atoms with E-state index in [-0.39, 0.29) is 5.91 Å². The van der Waals surface area contributed by atoms with Crippen LogP contribution in [0.5, 0.6) is 5.75 Å². The number of ether oxygens (including phenoxy) is 1. The molecule has 0 aliphatic heterocycles. The summed E-state index contributed by atoms with van der Waals surface area (Å²) in [6.07, 6.45) is 2.17. The average molecular weight is 377 g/mol. The first-order valence-corrected chi connectivity index (χ1v) is 8.86. The van der Waals surface area contributed by atoms with Gasteiger partial charge < -0.3 is 4.74 Å². The van der Waals surface area contributed by atoms with Gasteiger partial charge in [0.2, 0.25) is 0 Å². The van der Waals surface area contributed by atoms with E-state index < -0.39 is 6.10 Å². The summed E-state index contributed by atoms with van der Waals surface area (Å²) in [4.78, 5) is 12.3. The van der Waals surface area contributed by atoms with E-state index in [0.29, 0.717) is 15.8 Å². The van der Waals surface area contributed by atoms with Crippen molar-refractivity contribution in [2.45, 2.75) is 32.3 Å². The highest BCUT2D eigenvalue weighted by Gasteiger charge is 2.18. The SMILES string of the molecule is C[C@@H](Oc1ccc(Cl)cc1Cl)C(=O)NN=C1CCCc2ccccc21. The van der Waals surface area contributed by atoms with Gasteiger partial charge in [-0.05, 0) is 49.9 Å². The molecule has 2 aromatic carbocycles. The zero-order valence-corrected chi connectivity index (χ0v) is 15.3. The number of halogens is 2. The van der Waals surface area contributed by atoms with E-state index in [9.17, 15) is 4.79 Å². The maximum Gasteiger partial charge on any atom is 0.280 e. The van der Waals surface area contributed by atoms with E-state index in [0.717, 1.165) is 30.5 Å². The summed E-state index contributed by atoms with van der Waals surface area (Å²) in [5.41, 5.74) is 5.86. The van der Waals surface area contributed by atoms with Gasteiger partial charge in [-0.1, -0.05) is 47.5 Å². The second kappa shape index (κ2) is 7.89. The van der Waals surface area contributed by atoms with Crippen molar-refractivity contribution in [3.63, 3.8) is 0 Å². The quantitative estimate of drug-likeness (QED) is 0.791. The van der Waals surface area contributed by atoms with Crippen LogP contribution in [-0.2, 0) is 11.2 Å². The molecular formula is C19H18Cl2N2O2. The van der Waals surface area contributed by atoms with E-state index >= 15 is 0 Å². The predicted octanol–water partition coefficient (Wildman–Crippen LogP) is 4.62. The van der Waals surface area contributed by atoms with Crippen molar-refractivity contribution in [1.82, 2.24) is 5.43 Å². The van der Waals surface area contributed by atoms with E-state index in [1.807, 2.05) is 18.2 Å². The molecule has 1 amide bonds. The number of carbonyl (C=O) groups excluding carboxylic acids is 1. The molecule has 3 rings (SSSR count). The summed E-state index contributed by atoms with van der Waals surface area (Å²) in [7, 11) is 0. The Morgan fingerprint density at radius 1 is 1.20 bits per heavy atom. The molecule has 0 spiro atoms. The van der Waals surface area contributed by atoms with Gasteiger partial charge in [0.1, 0.15) is 5.75 Å². The molecule has 1 N–H and O–H groups in total. The molecule has 0 aromatic heterocycles. The standard InChI is InChI=1S/C19H18Cl2N2O2/c1-12(25-18-10-9-14(20)11-16(18)21)19(24)23-22-17-8-4-6-13-5-2-3-7-15(13)17/h2-3,5,7,9-12H,4,6,8H2,1H3,(H,23,24)/t12-/m1/s1. The number of carbonyl (C=O) groups is 1. The highest BCUT2D eigenvalue weighted by atomic mass is 35.5. The number of rotatable bonds is 4. The molecular weight excluding hydrogens is 359 g/mol. The molecule has 1 atom stereocenters. The molecule has 0 radical (unpaired) electrons. The Balaban J connectivity index is 1.66. The minimum Gasteiger partial charge on any atom is -0.479 e. The number of nitrogens with zero attached hydrogens (tertiary/aromatic N) is 1. The fourth-order valence-electron chi connectivity index (χ4n) is 2.75. The van der Waals surface area contributed by atoms with Crippen LogP contribution in [0.2, 0.25) is 10.0 Å². The topological polar surface area (TPSA) is 50.7 Å². The second-order valence-corrected chi connectivity index (χ2v) is 6.72. The summed E-state index contributed by atoms with van der Waals surface area (Å²) in [5.74, 6) is 0.0750. The van der Waals surface area contributed by atoms with Crippen molar-refractivity contribution < 1.29 is 9.53 Å². The molecule has 4 nitrogen and oxygen atoms in total. The van der Waals surface area contributed by atoms with Gasteiger partial charge in [-0.15, -0.1) is 0 Å². The molecule has 0 unspecified atom stereocenters. The number of hydrazone groups is 1. The maximum absolute atomic E-state index is 12.3. The largest absolute Gasteiger partial charge is 0.479 e. The molecule has 2 aromatic rings. The van der Waals surface area contributed by atoms with Crippen molar-refractivity contribution in [2.24, 2.45) is 5.10 Å². The van der Waals surface area contributed by atoms with Crippen LogP contribution in [0, 0.1) is 0 Å². The first-order valence-electron chi connectivity index (χ1n) is 8.11. The normalized spacial score (nSPS) is 16.2. The Kier molecular flexibility index (Phi) is 5.61. The summed E-state index contributed by atoms with van der Waals surface area (Å²) >= 11 is 11.9. The second-order valence-electron chi connectivity index (χ2n) is 5.88. The Morgan fingerprint density at radius 3 is 2.80 bits per heavy atom. The molecule has 0 saturated heterocycles. The summed E-state index contributed by atoms with van der Waals surface area (Å²) in [6.45, 7) is 1.65. The monoisotopic (exact) mass is 376 g/mol. The zero-order chi connectivity index (χ0) is 17.8. The molecule has 0 fully saturated rings. The maximum atomic E-state index is 12.3. The van der Waals surface area contributed by atoms with Crippen molar-refractivity contribution in [1.29, 1.82) is 0 Å². The molecule has 1 aliphatic carbocycles. The van der Waals surface area contributed by atoms with Gasteiger partial charge in [0.05, 0.1) is 10.7 Å². The highest BCUT2D eigenvalue weighted by molar-refractivity contribution is 6.35. The third-order valence-electron chi connectivity index (χ3n) is 4.06. The minimum atomic E-state index is -0.734. The first kappa shape index (κ1) is 17.8. The lowest BCUT2D eigenvalue weighted by atomic mass is 9.90. The summed E-state index contributed by atoms with van der Waals surface area (Å²) < 4.78 is 5.60. The predicted molar refractivity (Wildman–Crippen MR) is 101 cm³/mol. The van der Waals surface area contributed by atoms with Gasteiger partial charge in [-0.25, -0.2) is 5.43 Å². The van der Waals surface area contributed by atoms with Gasteiger partial charge in [0, 0.05) is 10.6 Å². The van der Waals surface area contributed by atoms with Crippen molar-refractivity contribution in [2.75, 3.05) is 0 Å². The lowest BCUT2D eigenvalue weighted by molar-refractivity contribution is -0.127. The van der Waals surface area contributed by atoms with Gasteiger partial charge in [-0.3, -0.25) is 4.79 Å². The lowest BCUT2D eigenvalue weighted by Crippen LogP contribution is -2.34. The Morgan fingerprint density at radius 2 is 2.00 bits per heavy atom. The van der Waals surface area contributed by atoms with Crippen LogP contribution >= 0.6 is 23.2 Å². The van der Waals surface area contributed by atoms with E-state index in [1.165, 1.54) is 5.56 Å². The van der Waals surface area contributed by atoms with Crippen molar-refractivity contribution >= 4 is 34.8 Å². The Hall–Kier alpha value is -2.04. The van der Waals surface area contributed by atoms with Crippen LogP contribution < -0.4 is 10.2 Å². The number of aryl methyl sites for hydroxylation is 1. The number of hydrogen-bond donors (Lipinski definition) is 1. The fraction of sp³-hybridized carbons (Fsp3) is 0.263. The zero-order valence-electron chi connectivity index (χ0n) is 13.8. The molecule has 0 heterocycles. The number of nitrogens with one attached hydrogen (secondary N) is 1. The van der Waals surface area contributed by atoms with Gasteiger partial charge in [0.15, 0.2) is 6.10 Å². The Bertz CT molecular complexity index is 821. The Labute approximate surface area is 156 Å². The number of fused-ring (bicyclic) bond motifs is 1. The minimum absolute atomic E-state index is 0.332. The van der Waals surface area contributed by atoms with Crippen LogP contribution in [0.4, 0.5) is 0 Å². The molecule has 0 bridgehead atoms. The van der Waals surface area contributed by atoms with E-state index in [4.69, 9.17) is 27.9 Å². The molecule has 6 heteroatoms. The molecule has 0 saturated carbocycles. The first-order chi connectivity index (χ1) is 12.0. The van der Waals surface area contributed by atoms with Gasteiger partial charge in [-0.2, -0.15) is 5.10 Å². The molecule has 1 aliphatic rings. The number of benzene rings is 2. The highest BCUT2D eigenvalue weighted by Crippen LogP contribution is 2.28. The van der Waals surface area contributed by atoms with E-state index in [2.05, 4.69) is 16.6 Å². The number of hydrogen-bond acceptors (Lipinski definition) is 3. The van der Waals surface area contributed by atoms with Crippen LogP contribution in [0.15, 0.2) is 47.6 Å². The van der Waals surface area contributed by atoms with Crippen LogP contribution in [-0.4, -0.2) is 17.7 Å². The van der Waals surface area contributed by atoms with Crippen LogP contribution in [0.1, 0.15) is 30.9 Å². The molecule has 130 valence electrons. The molecule has 25 heavy (non-hydrogen) atoms. The van der Waals surface area contributed by atoms with Crippen LogP contribution in [0.3, 0.4) is 0 Å².